The second-order valence-corrected chi connectivity index (χ2v) is 2.85. The molecule has 0 spiro atoms. The average molecular weight is 185 g/mol. The molecule has 1 aromatic carbocycles. The second-order valence-electron chi connectivity index (χ2n) is 2.85. The van der Waals surface area contributed by atoms with Crippen molar-refractivity contribution in [3.63, 3.8) is 0 Å². The second kappa shape index (κ2) is 4.20. The Labute approximate surface area is 75.9 Å². The fourth-order valence-electron chi connectivity index (χ4n) is 1.09. The van der Waals surface area contributed by atoms with E-state index in [1.54, 1.807) is 13.0 Å². The molecule has 0 bridgehead atoms. The van der Waals surface area contributed by atoms with Crippen LogP contribution >= 0.6 is 0 Å². The Morgan fingerprint density at radius 1 is 1.54 bits per heavy atom. The molecule has 1 aromatic rings. The molecule has 0 amide bonds. The molecule has 4 heteroatoms. The number of aryl methyl sites for hydroxylation is 1. The molecule has 13 heavy (non-hydrogen) atoms. The van der Waals surface area contributed by atoms with Gasteiger partial charge >= 0.3 is 0 Å². The van der Waals surface area contributed by atoms with Gasteiger partial charge in [-0.1, -0.05) is 0 Å². The lowest BCUT2D eigenvalue weighted by Gasteiger charge is -2.05. The van der Waals surface area contributed by atoms with Crippen LogP contribution < -0.4 is 5.90 Å². The maximum atomic E-state index is 13.1. The molecule has 0 atom stereocenters. The zero-order valence-electron chi connectivity index (χ0n) is 7.38. The van der Waals surface area contributed by atoms with Gasteiger partial charge in [-0.15, -0.1) is 0 Å². The first-order chi connectivity index (χ1) is 6.15. The molecule has 0 aliphatic rings. The first kappa shape index (κ1) is 9.95. The van der Waals surface area contributed by atoms with Gasteiger partial charge in [0.25, 0.3) is 0 Å². The number of hydrogen-bond donors (Lipinski definition) is 2. The third-order valence-electron chi connectivity index (χ3n) is 1.85. The highest BCUT2D eigenvalue weighted by atomic mass is 19.1. The number of nitrogens with two attached hydrogens (primary N) is 1. The van der Waals surface area contributed by atoms with E-state index in [4.69, 9.17) is 11.0 Å². The molecule has 0 aliphatic heterocycles. The van der Waals surface area contributed by atoms with Crippen LogP contribution in [0, 0.1) is 12.7 Å². The van der Waals surface area contributed by atoms with Crippen molar-refractivity contribution in [1.29, 1.82) is 0 Å². The van der Waals surface area contributed by atoms with Crippen molar-refractivity contribution in [2.24, 2.45) is 5.90 Å². The summed E-state index contributed by atoms with van der Waals surface area (Å²) in [7, 11) is 0. The zero-order chi connectivity index (χ0) is 9.84. The molecule has 0 fully saturated rings. The van der Waals surface area contributed by atoms with Crippen LogP contribution in [0.25, 0.3) is 0 Å². The SMILES string of the molecule is Cc1cc(CCON)c(F)cc1O. The summed E-state index contributed by atoms with van der Waals surface area (Å²) in [5.74, 6) is 4.36. The van der Waals surface area contributed by atoms with E-state index in [-0.39, 0.29) is 12.4 Å². The van der Waals surface area contributed by atoms with E-state index in [1.165, 1.54) is 0 Å². The third kappa shape index (κ3) is 2.40. The van der Waals surface area contributed by atoms with Gasteiger partial charge in [0.2, 0.25) is 0 Å². The van der Waals surface area contributed by atoms with Crippen LogP contribution in [-0.2, 0) is 11.3 Å². The number of halogens is 1. The van der Waals surface area contributed by atoms with Gasteiger partial charge in [-0.2, -0.15) is 0 Å². The summed E-state index contributed by atoms with van der Waals surface area (Å²) < 4.78 is 13.1. The monoisotopic (exact) mass is 185 g/mol. The fourth-order valence-corrected chi connectivity index (χ4v) is 1.09. The van der Waals surface area contributed by atoms with E-state index in [0.29, 0.717) is 17.5 Å². The van der Waals surface area contributed by atoms with E-state index in [2.05, 4.69) is 4.84 Å². The highest BCUT2D eigenvalue weighted by molar-refractivity contribution is 5.36. The molecule has 0 aliphatic carbocycles. The molecule has 0 saturated carbocycles. The quantitative estimate of drug-likeness (QED) is 0.697. The van der Waals surface area contributed by atoms with Gasteiger partial charge in [0.15, 0.2) is 0 Å². The van der Waals surface area contributed by atoms with Crippen molar-refractivity contribution in [1.82, 2.24) is 0 Å². The molecular formula is C9H12FNO2. The normalized spacial score (nSPS) is 10.4. The van der Waals surface area contributed by atoms with Gasteiger partial charge in [0.1, 0.15) is 11.6 Å². The Hall–Kier alpha value is -1.13. The largest absolute Gasteiger partial charge is 0.508 e. The summed E-state index contributed by atoms with van der Waals surface area (Å²) in [5.41, 5.74) is 1.15. The third-order valence-corrected chi connectivity index (χ3v) is 1.85. The Morgan fingerprint density at radius 3 is 2.85 bits per heavy atom. The van der Waals surface area contributed by atoms with Crippen LogP contribution in [0.5, 0.6) is 5.75 Å². The van der Waals surface area contributed by atoms with E-state index in [0.717, 1.165) is 6.07 Å². The number of hydrogen-bond acceptors (Lipinski definition) is 3. The van der Waals surface area contributed by atoms with Gasteiger partial charge in [-0.3, -0.25) is 0 Å². The van der Waals surface area contributed by atoms with E-state index in [1.807, 2.05) is 0 Å². The van der Waals surface area contributed by atoms with Crippen molar-refractivity contribution in [2.75, 3.05) is 6.61 Å². The van der Waals surface area contributed by atoms with Gasteiger partial charge in [0, 0.05) is 12.5 Å². The minimum absolute atomic E-state index is 0.0325. The Morgan fingerprint density at radius 2 is 2.23 bits per heavy atom. The zero-order valence-corrected chi connectivity index (χ0v) is 7.38. The van der Waals surface area contributed by atoms with Crippen LogP contribution in [-0.4, -0.2) is 11.7 Å². The summed E-state index contributed by atoms with van der Waals surface area (Å²) in [6.45, 7) is 1.97. The van der Waals surface area contributed by atoms with Crippen LogP contribution in [0.1, 0.15) is 11.1 Å². The summed E-state index contributed by atoms with van der Waals surface area (Å²) >= 11 is 0. The summed E-state index contributed by atoms with van der Waals surface area (Å²) in [6, 6.07) is 2.69. The lowest BCUT2D eigenvalue weighted by molar-refractivity contribution is 0.140. The minimum atomic E-state index is -0.430. The molecule has 3 N–H and O–H groups in total. The van der Waals surface area contributed by atoms with E-state index >= 15 is 0 Å². The van der Waals surface area contributed by atoms with Crippen LogP contribution in [0.3, 0.4) is 0 Å². The molecule has 3 nitrogen and oxygen atoms in total. The van der Waals surface area contributed by atoms with Gasteiger partial charge in [-0.25, -0.2) is 10.3 Å². The maximum Gasteiger partial charge on any atom is 0.130 e. The predicted octanol–water partition coefficient (Wildman–Crippen LogP) is 1.27. The number of benzene rings is 1. The molecule has 1 rings (SSSR count). The average Bonchev–Trinajstić information content (AvgIpc) is 2.09. The minimum Gasteiger partial charge on any atom is -0.508 e. The van der Waals surface area contributed by atoms with E-state index in [9.17, 15) is 4.39 Å². The first-order valence-corrected chi connectivity index (χ1v) is 3.95. The van der Waals surface area contributed by atoms with Crippen LogP contribution in [0.2, 0.25) is 0 Å². The van der Waals surface area contributed by atoms with Crippen molar-refractivity contribution < 1.29 is 14.3 Å². The lowest BCUT2D eigenvalue weighted by atomic mass is 10.1. The molecule has 0 saturated heterocycles. The molecule has 0 radical (unpaired) electrons. The van der Waals surface area contributed by atoms with E-state index < -0.39 is 5.82 Å². The highest BCUT2D eigenvalue weighted by Gasteiger charge is 2.05. The Bertz CT molecular complexity index is 302. The summed E-state index contributed by atoms with van der Waals surface area (Å²) in [6.07, 6.45) is 0.406. The van der Waals surface area contributed by atoms with Crippen molar-refractivity contribution >= 4 is 0 Å². The first-order valence-electron chi connectivity index (χ1n) is 3.95. The van der Waals surface area contributed by atoms with Gasteiger partial charge in [-0.05, 0) is 24.1 Å². The predicted molar refractivity (Wildman–Crippen MR) is 46.6 cm³/mol. The van der Waals surface area contributed by atoms with Crippen molar-refractivity contribution in [2.45, 2.75) is 13.3 Å². The Balaban J connectivity index is 2.88. The fraction of sp³-hybridized carbons (Fsp3) is 0.333. The molecule has 72 valence electrons. The number of phenols is 1. The molecule has 0 aromatic heterocycles. The lowest BCUT2D eigenvalue weighted by Crippen LogP contribution is -2.05. The van der Waals surface area contributed by atoms with Crippen LogP contribution in [0.15, 0.2) is 12.1 Å². The summed E-state index contributed by atoms with van der Waals surface area (Å²) in [4.78, 5) is 4.34. The molecule has 0 unspecified atom stereocenters. The standard InChI is InChI=1S/C9H12FNO2/c1-6-4-7(2-3-13-11)8(10)5-9(6)12/h4-5,12H,2-3,11H2,1H3. The highest BCUT2D eigenvalue weighted by Crippen LogP contribution is 2.20. The van der Waals surface area contributed by atoms with Crippen molar-refractivity contribution in [3.05, 3.63) is 29.1 Å². The maximum absolute atomic E-state index is 13.1. The van der Waals surface area contributed by atoms with Crippen LogP contribution in [0.4, 0.5) is 4.39 Å². The molecule has 0 heterocycles. The number of aromatic hydroxyl groups is 1. The Kier molecular flexibility index (Phi) is 3.22. The van der Waals surface area contributed by atoms with Gasteiger partial charge < -0.3 is 9.94 Å². The topological polar surface area (TPSA) is 55.5 Å². The van der Waals surface area contributed by atoms with Gasteiger partial charge in [0.05, 0.1) is 6.61 Å². The molecular weight excluding hydrogens is 173 g/mol. The number of phenolic OH excluding ortho intramolecular Hbond substituents is 1. The summed E-state index contributed by atoms with van der Waals surface area (Å²) in [5, 5.41) is 9.15. The number of rotatable bonds is 3. The smallest absolute Gasteiger partial charge is 0.130 e. The van der Waals surface area contributed by atoms with Crippen molar-refractivity contribution in [3.8, 4) is 5.75 Å².